The van der Waals surface area contributed by atoms with Gasteiger partial charge >= 0.3 is 0 Å². The summed E-state index contributed by atoms with van der Waals surface area (Å²) in [4.78, 5) is 1.94. The van der Waals surface area contributed by atoms with E-state index in [4.69, 9.17) is 0 Å². The summed E-state index contributed by atoms with van der Waals surface area (Å²) in [6.07, 6.45) is 12.5. The molecule has 0 bridgehead atoms. The zero-order valence-electron chi connectivity index (χ0n) is 9.69. The van der Waals surface area contributed by atoms with E-state index in [9.17, 15) is 5.11 Å². The lowest BCUT2D eigenvalue weighted by Gasteiger charge is -2.27. The zero-order chi connectivity index (χ0) is 11.1. The van der Waals surface area contributed by atoms with Crippen molar-refractivity contribution in [2.75, 3.05) is 0 Å². The van der Waals surface area contributed by atoms with E-state index >= 15 is 0 Å². The fourth-order valence-electron chi connectivity index (χ4n) is 1.70. The molecule has 2 N–H and O–H groups in total. The van der Waals surface area contributed by atoms with E-state index in [1.807, 2.05) is 17.3 Å². The van der Waals surface area contributed by atoms with Crippen LogP contribution in [0.15, 0.2) is 24.6 Å². The first kappa shape index (κ1) is 12.1. The lowest BCUT2D eigenvalue weighted by atomic mass is 10.2. The molecule has 3 nitrogen and oxygen atoms in total. The Hall–Kier alpha value is -0.960. The predicted molar refractivity (Wildman–Crippen MR) is 62.9 cm³/mol. The van der Waals surface area contributed by atoms with Gasteiger partial charge in [-0.2, -0.15) is 0 Å². The minimum Gasteiger partial charge on any atom is -0.374 e. The van der Waals surface area contributed by atoms with Gasteiger partial charge in [-0.05, 0) is 26.2 Å². The van der Waals surface area contributed by atoms with Crippen LogP contribution in [0.1, 0.15) is 39.5 Å². The fourth-order valence-corrected chi connectivity index (χ4v) is 1.70. The van der Waals surface area contributed by atoms with Gasteiger partial charge in [0.25, 0.3) is 0 Å². The van der Waals surface area contributed by atoms with Gasteiger partial charge in [0.2, 0.25) is 0 Å². The number of nitrogens with zero attached hydrogens (tertiary/aromatic N) is 1. The van der Waals surface area contributed by atoms with E-state index in [0.717, 1.165) is 19.3 Å². The maximum absolute atomic E-state index is 9.48. The van der Waals surface area contributed by atoms with Crippen molar-refractivity contribution in [3.63, 3.8) is 0 Å². The number of unbranched alkanes of at least 4 members (excludes halogenated alkanes) is 1. The van der Waals surface area contributed by atoms with Crippen LogP contribution in [0.2, 0.25) is 0 Å². The van der Waals surface area contributed by atoms with Gasteiger partial charge in [-0.15, -0.1) is 0 Å². The molecule has 0 radical (unpaired) electrons. The molecular formula is C12H22N2O. The Morgan fingerprint density at radius 2 is 2.20 bits per heavy atom. The van der Waals surface area contributed by atoms with Crippen LogP contribution in [0, 0.1) is 0 Å². The quantitative estimate of drug-likeness (QED) is 0.659. The number of allylic oxidation sites excluding steroid dienone is 2. The number of aliphatic hydroxyl groups is 1. The van der Waals surface area contributed by atoms with Crippen LogP contribution in [-0.4, -0.2) is 22.4 Å². The van der Waals surface area contributed by atoms with Crippen LogP contribution < -0.4 is 5.32 Å². The van der Waals surface area contributed by atoms with Crippen molar-refractivity contribution in [3.05, 3.63) is 24.6 Å². The second-order valence-corrected chi connectivity index (χ2v) is 3.91. The van der Waals surface area contributed by atoms with Crippen molar-refractivity contribution in [2.24, 2.45) is 0 Å². The van der Waals surface area contributed by atoms with Crippen molar-refractivity contribution in [1.29, 1.82) is 0 Å². The molecule has 3 heteroatoms. The summed E-state index contributed by atoms with van der Waals surface area (Å²) in [6, 6.07) is 0. The number of nitrogens with one attached hydrogen (secondary N) is 1. The SMILES string of the molecule is CCC/C=C/CCC1NC=CN1C(C)O. The van der Waals surface area contributed by atoms with Gasteiger partial charge in [0.15, 0.2) is 0 Å². The molecule has 86 valence electrons. The molecule has 0 fully saturated rings. The Morgan fingerprint density at radius 1 is 1.47 bits per heavy atom. The van der Waals surface area contributed by atoms with Crippen LogP contribution >= 0.6 is 0 Å². The molecule has 0 aromatic rings. The van der Waals surface area contributed by atoms with Gasteiger partial charge in [0, 0.05) is 12.4 Å². The Morgan fingerprint density at radius 3 is 2.87 bits per heavy atom. The first-order chi connectivity index (χ1) is 7.25. The normalized spacial score (nSPS) is 22.3. The number of rotatable bonds is 6. The van der Waals surface area contributed by atoms with Crippen molar-refractivity contribution < 1.29 is 5.11 Å². The van der Waals surface area contributed by atoms with Crippen LogP contribution in [0.5, 0.6) is 0 Å². The predicted octanol–water partition coefficient (Wildman–Crippen LogP) is 2.16. The summed E-state index contributed by atoms with van der Waals surface area (Å²) in [5, 5.41) is 12.7. The topological polar surface area (TPSA) is 35.5 Å². The molecule has 0 aromatic heterocycles. The van der Waals surface area contributed by atoms with Crippen LogP contribution in [0.25, 0.3) is 0 Å². The highest BCUT2D eigenvalue weighted by Crippen LogP contribution is 2.13. The van der Waals surface area contributed by atoms with Gasteiger partial charge < -0.3 is 15.3 Å². The number of aliphatic hydroxyl groups excluding tert-OH is 1. The van der Waals surface area contributed by atoms with E-state index in [2.05, 4.69) is 24.4 Å². The molecule has 0 spiro atoms. The standard InChI is InChI=1S/C12H22N2O/c1-3-4-5-6-7-8-12-13-9-10-14(12)11(2)15/h5-6,9-13,15H,3-4,7-8H2,1-2H3/b6-5+. The third-order valence-corrected chi connectivity index (χ3v) is 2.56. The van der Waals surface area contributed by atoms with Gasteiger partial charge in [0.1, 0.15) is 12.4 Å². The molecule has 0 amide bonds. The molecular weight excluding hydrogens is 188 g/mol. The summed E-state index contributed by atoms with van der Waals surface area (Å²) in [7, 11) is 0. The Kier molecular flexibility index (Phi) is 5.26. The Bertz CT molecular complexity index is 224. The maximum atomic E-state index is 9.48. The van der Waals surface area contributed by atoms with Gasteiger partial charge in [0.05, 0.1) is 0 Å². The molecule has 0 aliphatic carbocycles. The summed E-state index contributed by atoms with van der Waals surface area (Å²) < 4.78 is 0. The van der Waals surface area contributed by atoms with Crippen LogP contribution in [0.3, 0.4) is 0 Å². The average molecular weight is 210 g/mol. The highest BCUT2D eigenvalue weighted by Gasteiger charge is 2.20. The molecule has 15 heavy (non-hydrogen) atoms. The third-order valence-electron chi connectivity index (χ3n) is 2.56. The number of hydrogen-bond donors (Lipinski definition) is 2. The second kappa shape index (κ2) is 6.51. The van der Waals surface area contributed by atoms with Crippen molar-refractivity contribution >= 4 is 0 Å². The van der Waals surface area contributed by atoms with Crippen LogP contribution in [0.4, 0.5) is 0 Å². The molecule has 1 aliphatic rings. The summed E-state index contributed by atoms with van der Waals surface area (Å²) in [5.41, 5.74) is 0. The minimum atomic E-state index is -0.416. The Balaban J connectivity index is 2.21. The molecule has 1 heterocycles. The molecule has 1 aliphatic heterocycles. The summed E-state index contributed by atoms with van der Waals surface area (Å²) in [5.74, 6) is 0. The van der Waals surface area contributed by atoms with E-state index in [0.29, 0.717) is 0 Å². The molecule has 0 saturated heterocycles. The first-order valence-electron chi connectivity index (χ1n) is 5.79. The largest absolute Gasteiger partial charge is 0.374 e. The summed E-state index contributed by atoms with van der Waals surface area (Å²) in [6.45, 7) is 3.97. The second-order valence-electron chi connectivity index (χ2n) is 3.91. The molecule has 2 unspecified atom stereocenters. The zero-order valence-corrected chi connectivity index (χ0v) is 9.69. The molecule has 1 rings (SSSR count). The number of hydrogen-bond acceptors (Lipinski definition) is 3. The van der Waals surface area contributed by atoms with E-state index in [1.54, 1.807) is 6.92 Å². The first-order valence-corrected chi connectivity index (χ1v) is 5.79. The lowest BCUT2D eigenvalue weighted by molar-refractivity contribution is 0.0264. The lowest BCUT2D eigenvalue weighted by Crippen LogP contribution is -2.40. The molecule has 0 saturated carbocycles. The third kappa shape index (κ3) is 3.96. The van der Waals surface area contributed by atoms with E-state index in [-0.39, 0.29) is 6.17 Å². The highest BCUT2D eigenvalue weighted by molar-refractivity contribution is 4.95. The van der Waals surface area contributed by atoms with E-state index in [1.165, 1.54) is 6.42 Å². The minimum absolute atomic E-state index is 0.247. The van der Waals surface area contributed by atoms with Crippen molar-refractivity contribution in [3.8, 4) is 0 Å². The monoisotopic (exact) mass is 210 g/mol. The Labute approximate surface area is 92.5 Å². The van der Waals surface area contributed by atoms with E-state index < -0.39 is 6.23 Å². The summed E-state index contributed by atoms with van der Waals surface area (Å²) >= 11 is 0. The highest BCUT2D eigenvalue weighted by atomic mass is 16.3. The fraction of sp³-hybridized carbons (Fsp3) is 0.667. The van der Waals surface area contributed by atoms with Gasteiger partial charge in [-0.1, -0.05) is 25.5 Å². The smallest absolute Gasteiger partial charge is 0.125 e. The van der Waals surface area contributed by atoms with Crippen molar-refractivity contribution in [1.82, 2.24) is 10.2 Å². The van der Waals surface area contributed by atoms with Crippen molar-refractivity contribution in [2.45, 2.75) is 51.9 Å². The van der Waals surface area contributed by atoms with Gasteiger partial charge in [-0.25, -0.2) is 0 Å². The average Bonchev–Trinajstić information content (AvgIpc) is 2.66. The molecule has 0 aromatic carbocycles. The van der Waals surface area contributed by atoms with Crippen LogP contribution in [-0.2, 0) is 0 Å². The maximum Gasteiger partial charge on any atom is 0.125 e. The van der Waals surface area contributed by atoms with Gasteiger partial charge in [-0.3, -0.25) is 0 Å². The molecule has 2 atom stereocenters.